The van der Waals surface area contributed by atoms with Crippen molar-refractivity contribution in [3.8, 4) is 0 Å². The van der Waals surface area contributed by atoms with Gasteiger partial charge in [0.25, 0.3) is 0 Å². The number of aliphatic hydroxyl groups is 1. The van der Waals surface area contributed by atoms with Crippen LogP contribution < -0.4 is 0 Å². The van der Waals surface area contributed by atoms with E-state index >= 15 is 0 Å². The second-order valence-electron chi connectivity index (χ2n) is 4.96. The number of sulfone groups is 1. The summed E-state index contributed by atoms with van der Waals surface area (Å²) in [4.78, 5) is 0.254. The minimum Gasteiger partial charge on any atom is -0.388 e. The Kier molecular flexibility index (Phi) is 3.96. The number of rotatable bonds is 4. The first kappa shape index (κ1) is 14.7. The molecule has 0 saturated carbocycles. The maximum atomic E-state index is 11.4. The van der Waals surface area contributed by atoms with Crippen LogP contribution in [-0.2, 0) is 23.3 Å². The van der Waals surface area contributed by atoms with E-state index in [2.05, 4.69) is 5.10 Å². The number of aliphatic hydroxyl groups excluding tert-OH is 1. The lowest BCUT2D eigenvalue weighted by atomic mass is 10.0. The molecule has 0 aliphatic heterocycles. The molecule has 1 N–H and O–H groups in total. The van der Waals surface area contributed by atoms with Crippen molar-refractivity contribution in [1.82, 2.24) is 9.78 Å². The molecule has 0 spiro atoms. The average Bonchev–Trinajstić information content (AvgIpc) is 2.67. The fourth-order valence-electron chi connectivity index (χ4n) is 2.11. The van der Waals surface area contributed by atoms with Gasteiger partial charge in [-0.25, -0.2) is 8.42 Å². The van der Waals surface area contributed by atoms with Crippen LogP contribution in [0.1, 0.15) is 23.1 Å². The molecule has 0 saturated heterocycles. The summed E-state index contributed by atoms with van der Waals surface area (Å²) in [5.74, 6) is 0. The first-order valence-corrected chi connectivity index (χ1v) is 8.14. The van der Waals surface area contributed by atoms with Gasteiger partial charge in [0.1, 0.15) is 0 Å². The van der Waals surface area contributed by atoms with E-state index in [1.165, 1.54) is 12.1 Å². The quantitative estimate of drug-likeness (QED) is 0.925. The van der Waals surface area contributed by atoms with Crippen molar-refractivity contribution in [2.45, 2.75) is 24.3 Å². The number of hydrogen-bond donors (Lipinski definition) is 1. The number of hydrogen-bond acceptors (Lipinski definition) is 4. The fraction of sp³-hybridized carbons (Fsp3) is 0.357. The third-order valence-electron chi connectivity index (χ3n) is 3.19. The van der Waals surface area contributed by atoms with Gasteiger partial charge in [-0.1, -0.05) is 12.1 Å². The molecule has 0 aliphatic carbocycles. The number of benzene rings is 1. The molecule has 5 nitrogen and oxygen atoms in total. The summed E-state index contributed by atoms with van der Waals surface area (Å²) in [5, 5.41) is 14.4. The number of aromatic nitrogens is 2. The van der Waals surface area contributed by atoms with E-state index in [9.17, 15) is 13.5 Å². The van der Waals surface area contributed by atoms with Gasteiger partial charge >= 0.3 is 0 Å². The van der Waals surface area contributed by atoms with Crippen LogP contribution >= 0.6 is 0 Å². The molecule has 1 unspecified atom stereocenters. The Balaban J connectivity index is 2.17. The highest BCUT2D eigenvalue weighted by Crippen LogP contribution is 2.20. The summed E-state index contributed by atoms with van der Waals surface area (Å²) >= 11 is 0. The van der Waals surface area contributed by atoms with Gasteiger partial charge in [-0.3, -0.25) is 4.68 Å². The molecule has 1 atom stereocenters. The van der Waals surface area contributed by atoms with E-state index in [1.807, 2.05) is 20.0 Å². The largest absolute Gasteiger partial charge is 0.388 e. The standard InChI is InChI=1S/C14H18N2O3S/c1-10-8-12(16(2)15-10)9-14(17)11-4-6-13(7-5-11)20(3,18)19/h4-8,14,17H,9H2,1-3H3. The van der Waals surface area contributed by atoms with Gasteiger partial charge in [0.2, 0.25) is 0 Å². The van der Waals surface area contributed by atoms with Crippen LogP contribution in [0.2, 0.25) is 0 Å². The number of aryl methyl sites for hydroxylation is 2. The number of nitrogens with zero attached hydrogens (tertiary/aromatic N) is 2. The monoisotopic (exact) mass is 294 g/mol. The second kappa shape index (κ2) is 5.38. The van der Waals surface area contributed by atoms with Crippen molar-refractivity contribution in [1.29, 1.82) is 0 Å². The van der Waals surface area contributed by atoms with E-state index in [0.717, 1.165) is 17.6 Å². The molecule has 108 valence electrons. The summed E-state index contributed by atoms with van der Waals surface area (Å²) in [6.45, 7) is 1.90. The minimum atomic E-state index is -3.20. The predicted molar refractivity (Wildman–Crippen MR) is 76.2 cm³/mol. The molecule has 1 aromatic carbocycles. The van der Waals surface area contributed by atoms with Crippen LogP contribution in [0, 0.1) is 6.92 Å². The zero-order valence-electron chi connectivity index (χ0n) is 11.7. The summed E-state index contributed by atoms with van der Waals surface area (Å²) in [5.41, 5.74) is 2.53. The molecule has 1 heterocycles. The van der Waals surface area contributed by atoms with Gasteiger partial charge in [0, 0.05) is 25.4 Å². The lowest BCUT2D eigenvalue weighted by Crippen LogP contribution is -2.07. The highest BCUT2D eigenvalue weighted by molar-refractivity contribution is 7.90. The second-order valence-corrected chi connectivity index (χ2v) is 6.98. The Bertz CT molecular complexity index is 703. The summed E-state index contributed by atoms with van der Waals surface area (Å²) < 4.78 is 24.5. The van der Waals surface area contributed by atoms with Crippen molar-refractivity contribution < 1.29 is 13.5 Å². The fourth-order valence-corrected chi connectivity index (χ4v) is 2.74. The smallest absolute Gasteiger partial charge is 0.175 e. The van der Waals surface area contributed by atoms with E-state index in [4.69, 9.17) is 0 Å². The molecule has 0 fully saturated rings. The maximum absolute atomic E-state index is 11.4. The van der Waals surface area contributed by atoms with Gasteiger partial charge in [-0.2, -0.15) is 5.10 Å². The first-order valence-electron chi connectivity index (χ1n) is 6.25. The maximum Gasteiger partial charge on any atom is 0.175 e. The topological polar surface area (TPSA) is 72.2 Å². The molecule has 2 aromatic rings. The van der Waals surface area contributed by atoms with Crippen LogP contribution in [0.3, 0.4) is 0 Å². The molecular weight excluding hydrogens is 276 g/mol. The van der Waals surface area contributed by atoms with E-state index in [-0.39, 0.29) is 4.90 Å². The summed E-state index contributed by atoms with van der Waals surface area (Å²) in [6.07, 6.45) is 0.922. The van der Waals surface area contributed by atoms with Gasteiger partial charge in [0.05, 0.1) is 16.7 Å². The van der Waals surface area contributed by atoms with E-state index < -0.39 is 15.9 Å². The Morgan fingerprint density at radius 2 is 1.90 bits per heavy atom. The van der Waals surface area contributed by atoms with Gasteiger partial charge in [-0.05, 0) is 30.7 Å². The van der Waals surface area contributed by atoms with Crippen molar-refractivity contribution in [3.05, 3.63) is 47.3 Å². The lowest BCUT2D eigenvalue weighted by molar-refractivity contribution is 0.175. The zero-order chi connectivity index (χ0) is 14.9. The predicted octanol–water partition coefficient (Wildman–Crippen LogP) is 1.41. The lowest BCUT2D eigenvalue weighted by Gasteiger charge is -2.11. The minimum absolute atomic E-state index is 0.254. The van der Waals surface area contributed by atoms with Crippen molar-refractivity contribution in [2.24, 2.45) is 7.05 Å². The Morgan fingerprint density at radius 1 is 1.30 bits per heavy atom. The van der Waals surface area contributed by atoms with Crippen molar-refractivity contribution in [3.63, 3.8) is 0 Å². The van der Waals surface area contributed by atoms with E-state index in [1.54, 1.807) is 16.8 Å². The normalized spacial score (nSPS) is 13.4. The Labute approximate surface area is 118 Å². The Hall–Kier alpha value is -1.66. The van der Waals surface area contributed by atoms with Crippen LogP contribution in [0.4, 0.5) is 0 Å². The molecule has 20 heavy (non-hydrogen) atoms. The highest BCUT2D eigenvalue weighted by Gasteiger charge is 2.13. The van der Waals surface area contributed by atoms with Crippen LogP contribution in [-0.4, -0.2) is 29.6 Å². The third-order valence-corrected chi connectivity index (χ3v) is 4.32. The molecule has 1 aromatic heterocycles. The molecule has 0 aliphatic rings. The van der Waals surface area contributed by atoms with Crippen LogP contribution in [0.25, 0.3) is 0 Å². The molecule has 2 rings (SSSR count). The van der Waals surface area contributed by atoms with Gasteiger partial charge in [0.15, 0.2) is 9.84 Å². The summed E-state index contributed by atoms with van der Waals surface area (Å²) in [6, 6.07) is 8.24. The van der Waals surface area contributed by atoms with Crippen LogP contribution in [0.15, 0.2) is 35.2 Å². The molecule has 6 heteroatoms. The van der Waals surface area contributed by atoms with Gasteiger partial charge < -0.3 is 5.11 Å². The SMILES string of the molecule is Cc1cc(CC(O)c2ccc(S(C)(=O)=O)cc2)n(C)n1. The molecular formula is C14H18N2O3S. The Morgan fingerprint density at radius 3 is 2.35 bits per heavy atom. The highest BCUT2D eigenvalue weighted by atomic mass is 32.2. The molecule has 0 amide bonds. The van der Waals surface area contributed by atoms with Gasteiger partial charge in [-0.15, -0.1) is 0 Å². The molecule has 0 bridgehead atoms. The van der Waals surface area contributed by atoms with Crippen LogP contribution in [0.5, 0.6) is 0 Å². The summed E-state index contributed by atoms with van der Waals surface area (Å²) in [7, 11) is -1.37. The molecule has 0 radical (unpaired) electrons. The van der Waals surface area contributed by atoms with Crippen molar-refractivity contribution in [2.75, 3.05) is 6.26 Å². The third kappa shape index (κ3) is 3.26. The first-order chi connectivity index (χ1) is 9.27. The average molecular weight is 294 g/mol. The zero-order valence-corrected chi connectivity index (χ0v) is 12.6. The van der Waals surface area contributed by atoms with E-state index in [0.29, 0.717) is 12.0 Å². The van der Waals surface area contributed by atoms with Crippen molar-refractivity contribution >= 4 is 9.84 Å².